The van der Waals surface area contributed by atoms with E-state index in [4.69, 9.17) is 5.11 Å². The molecule has 32 heavy (non-hydrogen) atoms. The molecule has 1 heterocycles. The summed E-state index contributed by atoms with van der Waals surface area (Å²) in [6.07, 6.45) is 8.73. The summed E-state index contributed by atoms with van der Waals surface area (Å²) in [6.45, 7) is 17.0. The zero-order valence-corrected chi connectivity index (χ0v) is 22.8. The molecule has 2 rings (SSSR count). The number of hydrogen-bond acceptors (Lipinski definition) is 2. The highest BCUT2D eigenvalue weighted by atomic mass is 79.9. The summed E-state index contributed by atoms with van der Waals surface area (Å²) < 4.78 is 1.12. The van der Waals surface area contributed by atoms with Crippen LogP contribution >= 0.6 is 15.9 Å². The van der Waals surface area contributed by atoms with Crippen LogP contribution in [-0.4, -0.2) is 16.1 Å². The molecule has 0 aliphatic heterocycles. The summed E-state index contributed by atoms with van der Waals surface area (Å²) in [4.78, 5) is 15.0. The Hall–Kier alpha value is -1.94. The van der Waals surface area contributed by atoms with Crippen LogP contribution < -0.4 is 0 Å². The van der Waals surface area contributed by atoms with Gasteiger partial charge in [-0.05, 0) is 62.3 Å². The minimum absolute atomic E-state index is 0.371. The summed E-state index contributed by atoms with van der Waals surface area (Å²) in [5, 5.41) is 8.82. The largest absolute Gasteiger partial charge is 0.478 e. The molecule has 0 radical (unpaired) electrons. The molecule has 0 saturated heterocycles. The van der Waals surface area contributed by atoms with Crippen LogP contribution in [0, 0.1) is 12.8 Å². The topological polar surface area (TPSA) is 50.2 Å². The molecule has 1 aromatic heterocycles. The fourth-order valence-corrected chi connectivity index (χ4v) is 3.71. The van der Waals surface area contributed by atoms with E-state index in [0.29, 0.717) is 17.4 Å². The van der Waals surface area contributed by atoms with E-state index >= 15 is 0 Å². The van der Waals surface area contributed by atoms with Crippen LogP contribution in [-0.2, 0) is 0 Å². The molecule has 0 unspecified atom stereocenters. The van der Waals surface area contributed by atoms with Gasteiger partial charge < -0.3 is 5.11 Å². The highest BCUT2D eigenvalue weighted by Crippen LogP contribution is 2.26. The van der Waals surface area contributed by atoms with Crippen molar-refractivity contribution in [3.63, 3.8) is 0 Å². The fourth-order valence-electron chi connectivity index (χ4n) is 3.19. The first-order chi connectivity index (χ1) is 15.2. The Labute approximate surface area is 204 Å². The normalized spacial score (nSPS) is 10.9. The smallest absolute Gasteiger partial charge is 0.335 e. The molecule has 0 bridgehead atoms. The number of carbonyl (C=O) groups is 1. The van der Waals surface area contributed by atoms with Gasteiger partial charge in [0.1, 0.15) is 0 Å². The number of aromatic nitrogens is 1. The number of aromatic carboxylic acids is 1. The SMILES string of the molecule is C/C(=C\c1c(Br)ccnc1C)C(C)C.CC.CCCC(CCC)c1ccc(C(=O)O)cc1. The highest BCUT2D eigenvalue weighted by Gasteiger charge is 2.10. The van der Waals surface area contributed by atoms with Crippen LogP contribution in [0.3, 0.4) is 0 Å². The van der Waals surface area contributed by atoms with E-state index in [1.165, 1.54) is 42.4 Å². The summed E-state index contributed by atoms with van der Waals surface area (Å²) >= 11 is 3.54. The lowest BCUT2D eigenvalue weighted by Gasteiger charge is -2.15. The average molecular weight is 505 g/mol. The van der Waals surface area contributed by atoms with Crippen molar-refractivity contribution in [2.24, 2.45) is 5.92 Å². The first-order valence-electron chi connectivity index (χ1n) is 11.8. The van der Waals surface area contributed by atoms with E-state index in [1.807, 2.05) is 45.2 Å². The molecule has 178 valence electrons. The van der Waals surface area contributed by atoms with Crippen molar-refractivity contribution < 1.29 is 9.90 Å². The number of allylic oxidation sites excluding steroid dienone is 1. The van der Waals surface area contributed by atoms with Gasteiger partial charge in [0.25, 0.3) is 0 Å². The van der Waals surface area contributed by atoms with Crippen LogP contribution in [0.25, 0.3) is 6.08 Å². The van der Waals surface area contributed by atoms with E-state index in [2.05, 4.69) is 61.6 Å². The number of hydrogen-bond donors (Lipinski definition) is 1. The Balaban J connectivity index is 0.000000561. The van der Waals surface area contributed by atoms with E-state index in [1.54, 1.807) is 12.1 Å². The van der Waals surface area contributed by atoms with E-state index < -0.39 is 5.97 Å². The van der Waals surface area contributed by atoms with Crippen LogP contribution in [0.5, 0.6) is 0 Å². The predicted molar refractivity (Wildman–Crippen MR) is 142 cm³/mol. The Morgan fingerprint density at radius 2 is 1.59 bits per heavy atom. The fraction of sp³-hybridized carbons (Fsp3) is 0.500. The van der Waals surface area contributed by atoms with Crippen LogP contribution in [0.2, 0.25) is 0 Å². The molecule has 0 aliphatic carbocycles. The number of nitrogens with zero attached hydrogens (tertiary/aromatic N) is 1. The molecule has 1 N–H and O–H groups in total. The number of aryl methyl sites for hydroxylation is 1. The lowest BCUT2D eigenvalue weighted by molar-refractivity contribution is 0.0697. The Bertz CT molecular complexity index is 800. The van der Waals surface area contributed by atoms with Gasteiger partial charge in [0.05, 0.1) is 5.56 Å². The molecule has 3 nitrogen and oxygen atoms in total. The van der Waals surface area contributed by atoms with Crippen molar-refractivity contribution in [3.8, 4) is 0 Å². The predicted octanol–water partition coefficient (Wildman–Crippen LogP) is 9.31. The second kappa shape index (κ2) is 16.7. The first-order valence-corrected chi connectivity index (χ1v) is 12.6. The van der Waals surface area contributed by atoms with Gasteiger partial charge >= 0.3 is 5.97 Å². The monoisotopic (exact) mass is 503 g/mol. The number of benzene rings is 1. The summed E-state index contributed by atoms with van der Waals surface area (Å²) in [5.74, 6) is 0.313. The third-order valence-corrected chi connectivity index (χ3v) is 6.01. The van der Waals surface area contributed by atoms with Crippen molar-refractivity contribution in [2.75, 3.05) is 0 Å². The minimum Gasteiger partial charge on any atom is -0.478 e. The zero-order valence-electron chi connectivity index (χ0n) is 21.2. The highest BCUT2D eigenvalue weighted by molar-refractivity contribution is 9.10. The Morgan fingerprint density at radius 1 is 1.06 bits per heavy atom. The molecule has 0 saturated carbocycles. The zero-order chi connectivity index (χ0) is 24.7. The van der Waals surface area contributed by atoms with Crippen molar-refractivity contribution in [3.05, 3.63) is 69.0 Å². The summed E-state index contributed by atoms with van der Waals surface area (Å²) in [6, 6.07) is 9.30. The Morgan fingerprint density at radius 3 is 2.00 bits per heavy atom. The molecular formula is C28H42BrNO2. The standard InChI is InChI=1S/C14H20O2.C12H16BrN.C2H6/c1-3-5-11(6-4-2)12-7-9-13(10-8-12)14(15)16;1-8(2)9(3)7-11-10(4)14-6-5-12(11)13;1-2/h7-11H,3-6H2,1-2H3,(H,15,16);5-8H,1-4H3;1-2H3/b;9-7+;. The van der Waals surface area contributed by atoms with Crippen molar-refractivity contribution in [2.45, 2.75) is 87.0 Å². The lowest BCUT2D eigenvalue weighted by atomic mass is 9.90. The molecule has 0 amide bonds. The van der Waals surface area contributed by atoms with Gasteiger partial charge in [-0.15, -0.1) is 0 Å². The molecule has 0 aliphatic rings. The average Bonchev–Trinajstić information content (AvgIpc) is 2.78. The van der Waals surface area contributed by atoms with Gasteiger partial charge in [-0.3, -0.25) is 4.98 Å². The first kappa shape index (κ1) is 30.1. The number of carboxylic acid groups (broad SMARTS) is 1. The van der Waals surface area contributed by atoms with Crippen LogP contribution in [0.4, 0.5) is 0 Å². The summed E-state index contributed by atoms with van der Waals surface area (Å²) in [7, 11) is 0. The van der Waals surface area contributed by atoms with E-state index in [9.17, 15) is 4.79 Å². The molecule has 2 aromatic rings. The number of halogens is 1. The lowest BCUT2D eigenvalue weighted by Crippen LogP contribution is -2.00. The number of carboxylic acids is 1. The maximum Gasteiger partial charge on any atom is 0.335 e. The van der Waals surface area contributed by atoms with Crippen LogP contribution in [0.1, 0.15) is 107 Å². The molecule has 1 aromatic carbocycles. The second-order valence-corrected chi connectivity index (χ2v) is 8.89. The van der Waals surface area contributed by atoms with Gasteiger partial charge in [-0.2, -0.15) is 0 Å². The van der Waals surface area contributed by atoms with Crippen LogP contribution in [0.15, 0.2) is 46.6 Å². The van der Waals surface area contributed by atoms with Gasteiger partial charge in [0.2, 0.25) is 0 Å². The quantitative estimate of drug-likeness (QED) is 0.390. The molecule has 0 atom stereocenters. The molecule has 0 spiro atoms. The Kier molecular flexibility index (Phi) is 15.6. The minimum atomic E-state index is -0.853. The van der Waals surface area contributed by atoms with Gasteiger partial charge in [0.15, 0.2) is 0 Å². The second-order valence-electron chi connectivity index (χ2n) is 8.04. The number of rotatable bonds is 8. The van der Waals surface area contributed by atoms with Crippen molar-refractivity contribution >= 4 is 28.0 Å². The summed E-state index contributed by atoms with van der Waals surface area (Å²) in [5.41, 5.74) is 5.28. The maximum atomic E-state index is 10.7. The third kappa shape index (κ3) is 10.6. The maximum absolute atomic E-state index is 10.7. The third-order valence-electron chi connectivity index (χ3n) is 5.32. The van der Waals surface area contributed by atoms with E-state index in [-0.39, 0.29) is 0 Å². The van der Waals surface area contributed by atoms with Crippen molar-refractivity contribution in [1.29, 1.82) is 0 Å². The van der Waals surface area contributed by atoms with Gasteiger partial charge in [0, 0.05) is 21.9 Å². The van der Waals surface area contributed by atoms with Crippen molar-refractivity contribution in [1.82, 2.24) is 4.98 Å². The van der Waals surface area contributed by atoms with E-state index in [0.717, 1.165) is 10.2 Å². The molecule has 0 fully saturated rings. The van der Waals surface area contributed by atoms with Gasteiger partial charge in [-0.25, -0.2) is 4.79 Å². The molecular weight excluding hydrogens is 462 g/mol. The van der Waals surface area contributed by atoms with Gasteiger partial charge in [-0.1, -0.05) is 94.1 Å². The number of pyridine rings is 1. The molecule has 4 heteroatoms.